The molecule has 3 rings (SSSR count). The molecule has 1 aromatic carbocycles. The Balaban J connectivity index is 2.13. The van der Waals surface area contributed by atoms with Crippen molar-refractivity contribution in [2.75, 3.05) is 0 Å². The van der Waals surface area contributed by atoms with Crippen LogP contribution in [0.2, 0.25) is 0 Å². The fraction of sp³-hybridized carbons (Fsp3) is 0. The van der Waals surface area contributed by atoms with Gasteiger partial charge in [0.2, 0.25) is 0 Å². The molecule has 17 heavy (non-hydrogen) atoms. The first kappa shape index (κ1) is 9.72. The lowest BCUT2D eigenvalue weighted by Gasteiger charge is -1.99. The molecule has 3 aromatic rings. The predicted molar refractivity (Wildman–Crippen MR) is 65.0 cm³/mol. The van der Waals surface area contributed by atoms with E-state index in [1.807, 2.05) is 48.5 Å². The highest BCUT2D eigenvalue weighted by atomic mass is 15.3. The van der Waals surface area contributed by atoms with Gasteiger partial charge in [-0.2, -0.15) is 15.4 Å². The first-order chi connectivity index (χ1) is 8.45. The number of aromatic amines is 1. The summed E-state index contributed by atoms with van der Waals surface area (Å²) in [6.45, 7) is 0. The smallest absolute Gasteiger partial charge is 0.139 e. The van der Waals surface area contributed by atoms with Crippen LogP contribution in [-0.2, 0) is 0 Å². The van der Waals surface area contributed by atoms with Crippen molar-refractivity contribution in [2.24, 2.45) is 0 Å². The Labute approximate surface area is 98.4 Å². The van der Waals surface area contributed by atoms with Crippen molar-refractivity contribution in [3.63, 3.8) is 0 Å². The van der Waals surface area contributed by atoms with E-state index in [1.54, 1.807) is 6.20 Å². The number of pyridine rings is 1. The van der Waals surface area contributed by atoms with Crippen LogP contribution in [0, 0.1) is 0 Å². The average molecular weight is 222 g/mol. The number of hydrogen-bond acceptors (Lipinski definition) is 3. The lowest BCUT2D eigenvalue weighted by atomic mass is 10.1. The summed E-state index contributed by atoms with van der Waals surface area (Å²) in [6, 6.07) is 15.7. The second kappa shape index (κ2) is 4.17. The van der Waals surface area contributed by atoms with E-state index in [-0.39, 0.29) is 0 Å². The zero-order chi connectivity index (χ0) is 11.5. The molecule has 0 aliphatic heterocycles. The number of hydrogen-bond donors (Lipinski definition) is 1. The van der Waals surface area contributed by atoms with Crippen LogP contribution in [0.3, 0.4) is 0 Å². The summed E-state index contributed by atoms with van der Waals surface area (Å²) in [7, 11) is 0. The zero-order valence-electron chi connectivity index (χ0n) is 9.04. The van der Waals surface area contributed by atoms with E-state index in [9.17, 15) is 0 Å². The molecule has 0 atom stereocenters. The van der Waals surface area contributed by atoms with Gasteiger partial charge in [0, 0.05) is 11.8 Å². The monoisotopic (exact) mass is 222 g/mol. The van der Waals surface area contributed by atoms with Crippen LogP contribution in [0.15, 0.2) is 54.7 Å². The highest BCUT2D eigenvalue weighted by Crippen LogP contribution is 2.25. The number of nitrogens with zero attached hydrogens (tertiary/aromatic N) is 3. The molecule has 2 heterocycles. The van der Waals surface area contributed by atoms with Crippen molar-refractivity contribution in [3.05, 3.63) is 54.7 Å². The number of rotatable bonds is 2. The summed E-state index contributed by atoms with van der Waals surface area (Å²) in [5, 5.41) is 11.0. The van der Waals surface area contributed by atoms with Gasteiger partial charge in [-0.1, -0.05) is 36.4 Å². The Kier molecular flexibility index (Phi) is 2.38. The Morgan fingerprint density at radius 3 is 2.29 bits per heavy atom. The molecule has 0 aliphatic carbocycles. The van der Waals surface area contributed by atoms with Gasteiger partial charge in [0.1, 0.15) is 11.4 Å². The Morgan fingerprint density at radius 1 is 0.765 bits per heavy atom. The van der Waals surface area contributed by atoms with Gasteiger partial charge in [-0.05, 0) is 12.1 Å². The van der Waals surface area contributed by atoms with Crippen molar-refractivity contribution in [1.29, 1.82) is 0 Å². The number of aromatic nitrogens is 4. The van der Waals surface area contributed by atoms with Crippen LogP contribution >= 0.6 is 0 Å². The lowest BCUT2D eigenvalue weighted by molar-refractivity contribution is 0.942. The molecule has 2 aromatic heterocycles. The molecule has 0 fully saturated rings. The molecule has 1 N–H and O–H groups in total. The normalized spacial score (nSPS) is 10.4. The SMILES string of the molecule is c1ccc(-c2n[nH]nc2-c2ccccn2)cc1. The van der Waals surface area contributed by atoms with E-state index in [2.05, 4.69) is 20.4 Å². The fourth-order valence-electron chi connectivity index (χ4n) is 1.71. The molecule has 0 aliphatic rings. The van der Waals surface area contributed by atoms with Gasteiger partial charge in [-0.3, -0.25) is 4.98 Å². The topological polar surface area (TPSA) is 54.5 Å². The third-order valence-electron chi connectivity index (χ3n) is 2.50. The maximum absolute atomic E-state index is 4.28. The standard InChI is InChI=1S/C13H10N4/c1-2-6-10(7-3-1)12-13(16-17-15-12)11-8-4-5-9-14-11/h1-9H,(H,15,16,17). The molecular formula is C13H10N4. The molecular weight excluding hydrogens is 212 g/mol. The summed E-state index contributed by atoms with van der Waals surface area (Å²) in [6.07, 6.45) is 1.75. The molecule has 0 unspecified atom stereocenters. The van der Waals surface area contributed by atoms with E-state index in [0.29, 0.717) is 0 Å². The highest BCUT2D eigenvalue weighted by molar-refractivity contribution is 5.75. The quantitative estimate of drug-likeness (QED) is 0.724. The third kappa shape index (κ3) is 1.80. The molecule has 4 nitrogen and oxygen atoms in total. The van der Waals surface area contributed by atoms with Gasteiger partial charge in [-0.25, -0.2) is 0 Å². The second-order valence-electron chi connectivity index (χ2n) is 3.60. The van der Waals surface area contributed by atoms with Crippen molar-refractivity contribution in [1.82, 2.24) is 20.4 Å². The van der Waals surface area contributed by atoms with Gasteiger partial charge in [0.15, 0.2) is 0 Å². The number of benzene rings is 1. The number of H-pyrrole nitrogens is 1. The van der Waals surface area contributed by atoms with Crippen LogP contribution in [0.1, 0.15) is 0 Å². The molecule has 82 valence electrons. The van der Waals surface area contributed by atoms with Crippen molar-refractivity contribution >= 4 is 0 Å². The van der Waals surface area contributed by atoms with Crippen molar-refractivity contribution in [3.8, 4) is 22.6 Å². The highest BCUT2D eigenvalue weighted by Gasteiger charge is 2.12. The van der Waals surface area contributed by atoms with Gasteiger partial charge in [0.25, 0.3) is 0 Å². The van der Waals surface area contributed by atoms with E-state index in [0.717, 1.165) is 22.6 Å². The zero-order valence-corrected chi connectivity index (χ0v) is 9.04. The van der Waals surface area contributed by atoms with Crippen LogP contribution in [-0.4, -0.2) is 20.4 Å². The van der Waals surface area contributed by atoms with Crippen molar-refractivity contribution < 1.29 is 0 Å². The van der Waals surface area contributed by atoms with Gasteiger partial charge in [-0.15, -0.1) is 0 Å². The van der Waals surface area contributed by atoms with E-state index in [1.165, 1.54) is 0 Å². The lowest BCUT2D eigenvalue weighted by Crippen LogP contribution is -1.86. The maximum atomic E-state index is 4.28. The van der Waals surface area contributed by atoms with Crippen molar-refractivity contribution in [2.45, 2.75) is 0 Å². The average Bonchev–Trinajstić information content (AvgIpc) is 2.90. The molecule has 0 amide bonds. The molecule has 0 bridgehead atoms. The van der Waals surface area contributed by atoms with Crippen LogP contribution in [0.4, 0.5) is 0 Å². The Morgan fingerprint density at radius 2 is 1.53 bits per heavy atom. The van der Waals surface area contributed by atoms with Gasteiger partial charge >= 0.3 is 0 Å². The van der Waals surface area contributed by atoms with Crippen LogP contribution in [0.25, 0.3) is 22.6 Å². The van der Waals surface area contributed by atoms with E-state index in [4.69, 9.17) is 0 Å². The van der Waals surface area contributed by atoms with Gasteiger partial charge < -0.3 is 0 Å². The second-order valence-corrected chi connectivity index (χ2v) is 3.60. The molecule has 0 radical (unpaired) electrons. The van der Waals surface area contributed by atoms with E-state index < -0.39 is 0 Å². The molecule has 4 heteroatoms. The molecule has 0 saturated heterocycles. The maximum Gasteiger partial charge on any atom is 0.139 e. The third-order valence-corrected chi connectivity index (χ3v) is 2.50. The largest absolute Gasteiger partial charge is 0.254 e. The van der Waals surface area contributed by atoms with Crippen LogP contribution in [0.5, 0.6) is 0 Å². The summed E-state index contributed by atoms with van der Waals surface area (Å²) >= 11 is 0. The molecule has 0 spiro atoms. The number of nitrogens with one attached hydrogen (secondary N) is 1. The summed E-state index contributed by atoms with van der Waals surface area (Å²) in [5.41, 5.74) is 3.45. The minimum Gasteiger partial charge on any atom is -0.254 e. The molecule has 0 saturated carbocycles. The van der Waals surface area contributed by atoms with E-state index >= 15 is 0 Å². The first-order valence-corrected chi connectivity index (χ1v) is 5.33. The fourth-order valence-corrected chi connectivity index (χ4v) is 1.71. The minimum atomic E-state index is 0.775. The minimum absolute atomic E-state index is 0.775. The Hall–Kier alpha value is -2.49. The van der Waals surface area contributed by atoms with Gasteiger partial charge in [0.05, 0.1) is 5.69 Å². The van der Waals surface area contributed by atoms with Crippen LogP contribution < -0.4 is 0 Å². The first-order valence-electron chi connectivity index (χ1n) is 5.33. The Bertz CT molecular complexity index is 548. The predicted octanol–water partition coefficient (Wildman–Crippen LogP) is 2.53. The summed E-state index contributed by atoms with van der Waals surface area (Å²) in [4.78, 5) is 4.28. The summed E-state index contributed by atoms with van der Waals surface area (Å²) in [5.74, 6) is 0. The summed E-state index contributed by atoms with van der Waals surface area (Å²) < 4.78 is 0.